The van der Waals surface area contributed by atoms with Gasteiger partial charge in [-0.1, -0.05) is 6.07 Å². The molecule has 1 aromatic rings. The van der Waals surface area contributed by atoms with Crippen molar-refractivity contribution in [2.24, 2.45) is 11.5 Å². The van der Waals surface area contributed by atoms with Crippen LogP contribution in [0.1, 0.15) is 6.42 Å². The summed E-state index contributed by atoms with van der Waals surface area (Å²) in [6.07, 6.45) is 0.216. The number of hydrogen-bond donors (Lipinski definition) is 3. The van der Waals surface area contributed by atoms with Crippen LogP contribution in [-0.2, 0) is 4.79 Å². The van der Waals surface area contributed by atoms with E-state index in [1.165, 1.54) is 0 Å². The number of anilines is 1. The van der Waals surface area contributed by atoms with Crippen LogP contribution >= 0.6 is 0 Å². The first-order chi connectivity index (χ1) is 7.65. The fourth-order valence-corrected chi connectivity index (χ4v) is 1.38. The third-order valence-electron chi connectivity index (χ3n) is 2.17. The van der Waals surface area contributed by atoms with Crippen molar-refractivity contribution in [3.05, 3.63) is 24.3 Å². The summed E-state index contributed by atoms with van der Waals surface area (Å²) in [5.41, 5.74) is 11.5. The largest absolute Gasteiger partial charge is 0.497 e. The Labute approximate surface area is 94.8 Å². The third kappa shape index (κ3) is 3.78. The van der Waals surface area contributed by atoms with Gasteiger partial charge in [-0.05, 0) is 12.1 Å². The van der Waals surface area contributed by atoms with Crippen LogP contribution in [0.4, 0.5) is 5.69 Å². The van der Waals surface area contributed by atoms with Gasteiger partial charge in [-0.15, -0.1) is 0 Å². The first-order valence-corrected chi connectivity index (χ1v) is 5.04. The lowest BCUT2D eigenvalue weighted by atomic mass is 10.2. The molecule has 0 aromatic heterocycles. The molecule has 5 nitrogen and oxygen atoms in total. The van der Waals surface area contributed by atoms with Crippen molar-refractivity contribution in [2.75, 3.05) is 19.0 Å². The first kappa shape index (κ1) is 12.3. The minimum Gasteiger partial charge on any atom is -0.497 e. The Morgan fingerprint density at radius 1 is 1.56 bits per heavy atom. The van der Waals surface area contributed by atoms with Crippen molar-refractivity contribution in [3.63, 3.8) is 0 Å². The average Bonchev–Trinajstić information content (AvgIpc) is 2.28. The van der Waals surface area contributed by atoms with Gasteiger partial charge in [-0.2, -0.15) is 0 Å². The molecule has 0 fully saturated rings. The van der Waals surface area contributed by atoms with Crippen LogP contribution < -0.4 is 21.5 Å². The number of nitrogens with one attached hydrogen (secondary N) is 1. The van der Waals surface area contributed by atoms with Gasteiger partial charge in [0.1, 0.15) is 5.75 Å². The fraction of sp³-hybridized carbons (Fsp3) is 0.364. The monoisotopic (exact) mass is 223 g/mol. The highest BCUT2D eigenvalue weighted by Gasteiger charge is 2.09. The third-order valence-corrected chi connectivity index (χ3v) is 2.17. The molecule has 0 spiro atoms. The summed E-state index contributed by atoms with van der Waals surface area (Å²) >= 11 is 0. The van der Waals surface area contributed by atoms with Gasteiger partial charge in [0.25, 0.3) is 0 Å². The molecule has 1 rings (SSSR count). The number of nitrogens with two attached hydrogens (primary N) is 2. The van der Waals surface area contributed by atoms with Crippen molar-refractivity contribution in [1.29, 1.82) is 0 Å². The highest BCUT2D eigenvalue weighted by Crippen LogP contribution is 2.17. The zero-order valence-corrected chi connectivity index (χ0v) is 9.27. The number of carbonyl (C=O) groups is 1. The Bertz CT molecular complexity index is 355. The lowest BCUT2D eigenvalue weighted by Gasteiger charge is -2.16. The quantitative estimate of drug-likeness (QED) is 0.647. The van der Waals surface area contributed by atoms with Gasteiger partial charge in [-0.3, -0.25) is 4.79 Å². The molecule has 16 heavy (non-hydrogen) atoms. The number of rotatable bonds is 6. The zero-order valence-electron chi connectivity index (χ0n) is 9.27. The van der Waals surface area contributed by atoms with Gasteiger partial charge >= 0.3 is 0 Å². The number of benzene rings is 1. The minimum atomic E-state index is -0.370. The Kier molecular flexibility index (Phi) is 4.60. The number of amides is 1. The van der Waals surface area contributed by atoms with E-state index in [1.54, 1.807) is 7.11 Å². The van der Waals surface area contributed by atoms with Gasteiger partial charge in [-0.25, -0.2) is 0 Å². The Morgan fingerprint density at radius 2 is 2.31 bits per heavy atom. The van der Waals surface area contributed by atoms with Gasteiger partial charge in [0.05, 0.1) is 7.11 Å². The molecule has 0 aliphatic heterocycles. The second-order valence-electron chi connectivity index (χ2n) is 3.48. The molecule has 0 aliphatic carbocycles. The van der Waals surface area contributed by atoms with E-state index in [0.717, 1.165) is 11.4 Å². The summed E-state index contributed by atoms with van der Waals surface area (Å²) in [6.45, 7) is 0.347. The summed E-state index contributed by atoms with van der Waals surface area (Å²) in [7, 11) is 1.60. The van der Waals surface area contributed by atoms with E-state index in [9.17, 15) is 4.79 Å². The molecule has 5 N–H and O–H groups in total. The standard InChI is InChI=1S/C11H17N3O2/c1-16-10-4-2-3-8(5-10)14-9(7-12)6-11(13)15/h2-5,9,14H,6-7,12H2,1H3,(H2,13,15). The van der Waals surface area contributed by atoms with Crippen molar-refractivity contribution < 1.29 is 9.53 Å². The van der Waals surface area contributed by atoms with E-state index in [4.69, 9.17) is 16.2 Å². The van der Waals surface area contributed by atoms with Gasteiger partial charge < -0.3 is 21.5 Å². The lowest BCUT2D eigenvalue weighted by Crippen LogP contribution is -2.33. The molecule has 0 bridgehead atoms. The SMILES string of the molecule is COc1cccc(NC(CN)CC(N)=O)c1. The Balaban J connectivity index is 2.65. The fourth-order valence-electron chi connectivity index (χ4n) is 1.38. The van der Waals surface area contributed by atoms with Crippen molar-refractivity contribution >= 4 is 11.6 Å². The smallest absolute Gasteiger partial charge is 0.219 e. The van der Waals surface area contributed by atoms with E-state index in [-0.39, 0.29) is 18.4 Å². The van der Waals surface area contributed by atoms with Crippen LogP contribution in [-0.4, -0.2) is 25.6 Å². The number of carbonyl (C=O) groups excluding carboxylic acids is 1. The van der Waals surface area contributed by atoms with Crippen molar-refractivity contribution in [2.45, 2.75) is 12.5 Å². The Hall–Kier alpha value is -1.75. The molecule has 1 atom stereocenters. The van der Waals surface area contributed by atoms with Crippen LogP contribution in [0.25, 0.3) is 0 Å². The highest BCUT2D eigenvalue weighted by atomic mass is 16.5. The second kappa shape index (κ2) is 5.97. The number of primary amides is 1. The molecule has 5 heteroatoms. The van der Waals surface area contributed by atoms with Gasteiger partial charge in [0.2, 0.25) is 5.91 Å². The lowest BCUT2D eigenvalue weighted by molar-refractivity contribution is -0.118. The number of methoxy groups -OCH3 is 1. The molecule has 1 aromatic carbocycles. The van der Waals surface area contributed by atoms with Crippen molar-refractivity contribution in [1.82, 2.24) is 0 Å². The average molecular weight is 223 g/mol. The molecule has 1 amide bonds. The van der Waals surface area contributed by atoms with E-state index in [2.05, 4.69) is 5.32 Å². The maximum Gasteiger partial charge on any atom is 0.219 e. The zero-order chi connectivity index (χ0) is 12.0. The number of hydrogen-bond acceptors (Lipinski definition) is 4. The topological polar surface area (TPSA) is 90.4 Å². The van der Waals surface area contributed by atoms with E-state index >= 15 is 0 Å². The summed E-state index contributed by atoms with van der Waals surface area (Å²) in [4.78, 5) is 10.8. The van der Waals surface area contributed by atoms with E-state index in [0.29, 0.717) is 6.54 Å². The first-order valence-electron chi connectivity index (χ1n) is 5.04. The minimum absolute atomic E-state index is 0.149. The highest BCUT2D eigenvalue weighted by molar-refractivity contribution is 5.75. The second-order valence-corrected chi connectivity index (χ2v) is 3.48. The van der Waals surface area contributed by atoms with Gasteiger partial charge in [0, 0.05) is 30.8 Å². The predicted molar refractivity (Wildman–Crippen MR) is 63.3 cm³/mol. The summed E-state index contributed by atoms with van der Waals surface area (Å²) in [5, 5.41) is 3.13. The molecular weight excluding hydrogens is 206 g/mol. The van der Waals surface area contributed by atoms with Crippen LogP contribution in [0.3, 0.4) is 0 Å². The van der Waals surface area contributed by atoms with Crippen LogP contribution in [0.15, 0.2) is 24.3 Å². The van der Waals surface area contributed by atoms with Crippen LogP contribution in [0, 0.1) is 0 Å². The van der Waals surface area contributed by atoms with Crippen molar-refractivity contribution in [3.8, 4) is 5.75 Å². The Morgan fingerprint density at radius 3 is 2.88 bits per heavy atom. The van der Waals surface area contributed by atoms with Crippen LogP contribution in [0.5, 0.6) is 5.75 Å². The van der Waals surface area contributed by atoms with Crippen LogP contribution in [0.2, 0.25) is 0 Å². The molecule has 88 valence electrons. The summed E-state index contributed by atoms with van der Waals surface area (Å²) in [6, 6.07) is 7.27. The molecule has 0 radical (unpaired) electrons. The molecular formula is C11H17N3O2. The molecule has 0 aliphatic rings. The molecule has 0 heterocycles. The number of ether oxygens (including phenoxy) is 1. The molecule has 0 saturated heterocycles. The summed E-state index contributed by atoms with van der Waals surface area (Å²) in [5.74, 6) is 0.380. The maximum absolute atomic E-state index is 10.8. The molecule has 1 unspecified atom stereocenters. The molecule has 0 saturated carbocycles. The van der Waals surface area contributed by atoms with Gasteiger partial charge in [0.15, 0.2) is 0 Å². The van der Waals surface area contributed by atoms with E-state index in [1.807, 2.05) is 24.3 Å². The maximum atomic E-state index is 10.8. The predicted octanol–water partition coefficient (Wildman–Crippen LogP) is 0.310. The normalized spacial score (nSPS) is 11.9. The van der Waals surface area contributed by atoms with E-state index < -0.39 is 0 Å². The summed E-state index contributed by atoms with van der Waals surface area (Å²) < 4.78 is 5.09.